The molecule has 1 aliphatic carbocycles. The molecule has 0 saturated heterocycles. The summed E-state index contributed by atoms with van der Waals surface area (Å²) in [7, 11) is -3.62. The van der Waals surface area contributed by atoms with Crippen LogP contribution in [0.5, 0.6) is 0 Å². The molecule has 0 fully saturated rings. The van der Waals surface area contributed by atoms with Crippen molar-refractivity contribution in [1.82, 2.24) is 4.72 Å². The zero-order chi connectivity index (χ0) is 15.2. The van der Waals surface area contributed by atoms with Crippen molar-refractivity contribution in [3.63, 3.8) is 0 Å². The van der Waals surface area contributed by atoms with Gasteiger partial charge in [-0.2, -0.15) is 8.42 Å². The molecule has 0 bridgehead atoms. The Morgan fingerprint density at radius 2 is 2.20 bits per heavy atom. The van der Waals surface area contributed by atoms with E-state index in [2.05, 4.69) is 30.9 Å². The van der Waals surface area contributed by atoms with Crippen LogP contribution in [0.25, 0.3) is 0 Å². The molecule has 1 atom stereocenters. The highest BCUT2D eigenvalue weighted by Crippen LogP contribution is 2.27. The van der Waals surface area contributed by atoms with Crippen LogP contribution in [0.4, 0.5) is 0 Å². The van der Waals surface area contributed by atoms with Gasteiger partial charge in [0.2, 0.25) is 0 Å². The van der Waals surface area contributed by atoms with E-state index < -0.39 is 10.2 Å². The number of nitrogens with two attached hydrogens (primary N) is 1. The third-order valence-electron chi connectivity index (χ3n) is 3.36. The Balaban J connectivity index is 2.39. The number of hydrogen-bond donors (Lipinski definition) is 2. The first-order valence-corrected chi connectivity index (χ1v) is 8.34. The van der Waals surface area contributed by atoms with Gasteiger partial charge in [0.15, 0.2) is 0 Å². The molecule has 20 heavy (non-hydrogen) atoms. The molecular formula is C15H24N2O2S. The number of hydrogen-bond acceptors (Lipinski definition) is 2. The summed E-state index contributed by atoms with van der Waals surface area (Å²) in [5, 5.41) is 4.84. The Labute approximate surface area is 122 Å². The van der Waals surface area contributed by atoms with E-state index in [-0.39, 0.29) is 6.54 Å². The van der Waals surface area contributed by atoms with E-state index in [1.165, 1.54) is 12.0 Å². The van der Waals surface area contributed by atoms with Gasteiger partial charge in [0.25, 0.3) is 10.2 Å². The van der Waals surface area contributed by atoms with Gasteiger partial charge in [-0.25, -0.2) is 9.86 Å². The summed E-state index contributed by atoms with van der Waals surface area (Å²) in [5.74, 6) is 0.759. The van der Waals surface area contributed by atoms with Crippen LogP contribution in [-0.2, 0) is 10.2 Å². The van der Waals surface area contributed by atoms with Crippen LogP contribution in [-0.4, -0.2) is 15.0 Å². The average molecular weight is 296 g/mol. The summed E-state index contributed by atoms with van der Waals surface area (Å²) in [5.41, 5.74) is 3.15. The highest BCUT2D eigenvalue weighted by atomic mass is 32.2. The standard InChI is InChI=1S/C15H24N2O2S/c1-12-5-8-15(9-6-12)14(3)7-4-13(2)10-11-17-20(16,18)19/h4,7-8,12,17H,2-3,5-6,9-11H2,1H3,(H2,16,18,19)/b7-4-. The van der Waals surface area contributed by atoms with Crippen molar-refractivity contribution in [3.8, 4) is 0 Å². The molecule has 5 heteroatoms. The second-order valence-electron chi connectivity index (χ2n) is 5.32. The predicted molar refractivity (Wildman–Crippen MR) is 84.2 cm³/mol. The van der Waals surface area contributed by atoms with Crippen molar-refractivity contribution in [3.05, 3.63) is 48.1 Å². The van der Waals surface area contributed by atoms with Gasteiger partial charge >= 0.3 is 0 Å². The van der Waals surface area contributed by atoms with Crippen LogP contribution in [0.1, 0.15) is 32.6 Å². The SMILES string of the molecule is C=C(/C=C\C(=C)C1=CCC(C)CC1)CCNS(N)(=O)=O. The van der Waals surface area contributed by atoms with Crippen molar-refractivity contribution in [2.45, 2.75) is 32.6 Å². The van der Waals surface area contributed by atoms with E-state index in [0.29, 0.717) is 6.42 Å². The molecule has 0 amide bonds. The van der Waals surface area contributed by atoms with Crippen molar-refractivity contribution >= 4 is 10.2 Å². The number of nitrogens with one attached hydrogen (secondary N) is 1. The van der Waals surface area contributed by atoms with Gasteiger partial charge in [-0.1, -0.05) is 43.9 Å². The molecule has 0 radical (unpaired) electrons. The Kier molecular flexibility index (Phi) is 6.39. The van der Waals surface area contributed by atoms with Gasteiger partial charge in [0.05, 0.1) is 0 Å². The van der Waals surface area contributed by atoms with E-state index in [9.17, 15) is 8.42 Å². The maximum Gasteiger partial charge on any atom is 0.274 e. The summed E-state index contributed by atoms with van der Waals surface area (Å²) in [6.07, 6.45) is 10.00. The Morgan fingerprint density at radius 3 is 2.75 bits per heavy atom. The normalized spacial score (nSPS) is 19.9. The second kappa shape index (κ2) is 7.57. The van der Waals surface area contributed by atoms with Crippen molar-refractivity contribution < 1.29 is 8.42 Å². The molecule has 0 heterocycles. The lowest BCUT2D eigenvalue weighted by atomic mass is 9.88. The third kappa shape index (κ3) is 6.84. The van der Waals surface area contributed by atoms with Crippen molar-refractivity contribution in [1.29, 1.82) is 0 Å². The third-order valence-corrected chi connectivity index (χ3v) is 3.96. The van der Waals surface area contributed by atoms with Crippen molar-refractivity contribution in [2.24, 2.45) is 11.1 Å². The number of rotatable bonds is 7. The minimum absolute atomic E-state index is 0.259. The molecule has 0 spiro atoms. The fourth-order valence-electron chi connectivity index (χ4n) is 2.02. The van der Waals surface area contributed by atoms with Crippen LogP contribution >= 0.6 is 0 Å². The molecule has 1 aliphatic rings. The first kappa shape index (κ1) is 16.9. The lowest BCUT2D eigenvalue weighted by molar-refractivity contribution is 0.517. The molecule has 0 aliphatic heterocycles. The lowest BCUT2D eigenvalue weighted by Crippen LogP contribution is -2.31. The van der Waals surface area contributed by atoms with Crippen LogP contribution in [0.2, 0.25) is 0 Å². The quantitative estimate of drug-likeness (QED) is 0.709. The van der Waals surface area contributed by atoms with Gasteiger partial charge in [-0.15, -0.1) is 0 Å². The fraction of sp³-hybridized carbons (Fsp3) is 0.467. The average Bonchev–Trinajstić information content (AvgIpc) is 2.35. The summed E-state index contributed by atoms with van der Waals surface area (Å²) in [6.45, 7) is 10.5. The smallest absolute Gasteiger partial charge is 0.216 e. The summed E-state index contributed by atoms with van der Waals surface area (Å²) >= 11 is 0. The Morgan fingerprint density at radius 1 is 1.50 bits per heavy atom. The van der Waals surface area contributed by atoms with E-state index >= 15 is 0 Å². The van der Waals surface area contributed by atoms with Crippen LogP contribution in [0.15, 0.2) is 48.1 Å². The minimum Gasteiger partial charge on any atom is -0.216 e. The second-order valence-corrected chi connectivity index (χ2v) is 6.69. The van der Waals surface area contributed by atoms with Gasteiger partial charge in [0, 0.05) is 6.54 Å². The zero-order valence-corrected chi connectivity index (χ0v) is 12.9. The van der Waals surface area contributed by atoms with E-state index in [0.717, 1.165) is 29.9 Å². The molecule has 112 valence electrons. The molecule has 1 unspecified atom stereocenters. The zero-order valence-electron chi connectivity index (χ0n) is 12.1. The summed E-state index contributed by atoms with van der Waals surface area (Å²) in [4.78, 5) is 0. The maximum atomic E-state index is 10.7. The van der Waals surface area contributed by atoms with Crippen LogP contribution in [0, 0.1) is 5.92 Å². The summed E-state index contributed by atoms with van der Waals surface area (Å²) in [6, 6.07) is 0. The molecule has 0 saturated carbocycles. The van der Waals surface area contributed by atoms with Gasteiger partial charge < -0.3 is 0 Å². The van der Waals surface area contributed by atoms with Gasteiger partial charge in [-0.3, -0.25) is 0 Å². The predicted octanol–water partition coefficient (Wildman–Crippen LogP) is 2.58. The van der Waals surface area contributed by atoms with Crippen LogP contribution < -0.4 is 9.86 Å². The van der Waals surface area contributed by atoms with E-state index in [4.69, 9.17) is 5.14 Å². The highest BCUT2D eigenvalue weighted by Gasteiger charge is 2.10. The van der Waals surface area contributed by atoms with E-state index in [1.54, 1.807) is 0 Å². The van der Waals surface area contributed by atoms with E-state index in [1.807, 2.05) is 12.2 Å². The molecule has 0 aromatic rings. The molecule has 3 N–H and O–H groups in total. The first-order chi connectivity index (χ1) is 9.28. The molecule has 1 rings (SSSR count). The molecule has 0 aromatic carbocycles. The topological polar surface area (TPSA) is 72.2 Å². The fourth-order valence-corrected chi connectivity index (χ4v) is 2.41. The molecular weight excluding hydrogens is 272 g/mol. The Hall–Kier alpha value is -1.17. The maximum absolute atomic E-state index is 10.7. The molecule has 4 nitrogen and oxygen atoms in total. The first-order valence-electron chi connectivity index (χ1n) is 6.79. The highest BCUT2D eigenvalue weighted by molar-refractivity contribution is 7.87. The monoisotopic (exact) mass is 296 g/mol. The summed E-state index contributed by atoms with van der Waals surface area (Å²) < 4.78 is 23.6. The van der Waals surface area contributed by atoms with Gasteiger partial charge in [0.1, 0.15) is 0 Å². The van der Waals surface area contributed by atoms with Crippen molar-refractivity contribution in [2.75, 3.05) is 6.54 Å². The molecule has 0 aromatic heterocycles. The Bertz CT molecular complexity index is 530. The largest absolute Gasteiger partial charge is 0.274 e. The van der Waals surface area contributed by atoms with Crippen LogP contribution in [0.3, 0.4) is 0 Å². The minimum atomic E-state index is -3.62. The lowest BCUT2D eigenvalue weighted by Gasteiger charge is -2.18. The number of allylic oxidation sites excluding steroid dienone is 5. The van der Waals surface area contributed by atoms with Gasteiger partial charge in [-0.05, 0) is 42.7 Å².